The summed E-state index contributed by atoms with van der Waals surface area (Å²) in [6, 6.07) is 8.31. The van der Waals surface area contributed by atoms with Crippen LogP contribution in [0.15, 0.2) is 41.4 Å². The first-order valence-electron chi connectivity index (χ1n) is 8.80. The molecular weight excluding hydrogens is 300 g/mol. The summed E-state index contributed by atoms with van der Waals surface area (Å²) in [5.41, 5.74) is 1.91. The second-order valence-corrected chi connectivity index (χ2v) is 5.98. The van der Waals surface area contributed by atoms with E-state index in [0.29, 0.717) is 19.0 Å². The van der Waals surface area contributed by atoms with Gasteiger partial charge in [-0.1, -0.05) is 31.2 Å². The van der Waals surface area contributed by atoms with E-state index in [1.165, 1.54) is 0 Å². The van der Waals surface area contributed by atoms with Crippen molar-refractivity contribution in [2.24, 2.45) is 4.99 Å². The van der Waals surface area contributed by atoms with Gasteiger partial charge in [-0.2, -0.15) is 0 Å². The topological polar surface area (TPSA) is 65.5 Å². The number of amides is 1. The Bertz CT molecular complexity index is 587. The minimum absolute atomic E-state index is 0.0573. The Morgan fingerprint density at radius 1 is 1.25 bits per heavy atom. The molecule has 0 aliphatic heterocycles. The molecular formula is C19H28N4O. The van der Waals surface area contributed by atoms with Crippen LogP contribution in [0.2, 0.25) is 0 Å². The zero-order valence-electron chi connectivity index (χ0n) is 14.6. The van der Waals surface area contributed by atoms with E-state index in [1.807, 2.05) is 31.2 Å². The molecule has 5 nitrogen and oxygen atoms in total. The standard InChI is InChI=1S/C19H28N4O/c1-3-8-18(24)22-17-12-7-9-15(13-17)14-21-19(20-4-2)23-16-10-5-6-11-16/h5-7,9,12-13,16H,3-4,8,10-11,14H2,1-2H3,(H,22,24)(H2,20,21,23). The third kappa shape index (κ3) is 6.07. The van der Waals surface area contributed by atoms with Gasteiger partial charge in [-0.25, -0.2) is 4.99 Å². The minimum Gasteiger partial charge on any atom is -0.357 e. The van der Waals surface area contributed by atoms with Crippen molar-refractivity contribution in [1.82, 2.24) is 10.6 Å². The molecule has 130 valence electrons. The summed E-state index contributed by atoms with van der Waals surface area (Å²) in [7, 11) is 0. The van der Waals surface area contributed by atoms with Gasteiger partial charge < -0.3 is 16.0 Å². The fourth-order valence-corrected chi connectivity index (χ4v) is 2.62. The highest BCUT2D eigenvalue weighted by molar-refractivity contribution is 5.90. The van der Waals surface area contributed by atoms with E-state index in [-0.39, 0.29) is 5.91 Å². The number of carbonyl (C=O) groups excluding carboxylic acids is 1. The van der Waals surface area contributed by atoms with Gasteiger partial charge in [0.1, 0.15) is 0 Å². The fourth-order valence-electron chi connectivity index (χ4n) is 2.62. The van der Waals surface area contributed by atoms with Gasteiger partial charge in [-0.3, -0.25) is 4.79 Å². The van der Waals surface area contributed by atoms with Crippen LogP contribution in [-0.2, 0) is 11.3 Å². The highest BCUT2D eigenvalue weighted by Gasteiger charge is 2.11. The van der Waals surface area contributed by atoms with Gasteiger partial charge in [0, 0.05) is 24.7 Å². The van der Waals surface area contributed by atoms with Gasteiger partial charge in [0.2, 0.25) is 5.91 Å². The number of rotatable bonds is 7. The summed E-state index contributed by atoms with van der Waals surface area (Å²) in [5.74, 6) is 0.897. The number of hydrogen-bond donors (Lipinski definition) is 3. The van der Waals surface area contributed by atoms with Crippen molar-refractivity contribution in [3.05, 3.63) is 42.0 Å². The maximum Gasteiger partial charge on any atom is 0.224 e. The molecule has 24 heavy (non-hydrogen) atoms. The Balaban J connectivity index is 1.95. The van der Waals surface area contributed by atoms with E-state index in [2.05, 4.69) is 40.0 Å². The lowest BCUT2D eigenvalue weighted by atomic mass is 10.2. The SMILES string of the molecule is CCCC(=O)Nc1cccc(CN=C(NCC)NC2CC=CC2)c1. The van der Waals surface area contributed by atoms with E-state index in [9.17, 15) is 4.79 Å². The average molecular weight is 328 g/mol. The van der Waals surface area contributed by atoms with E-state index in [1.54, 1.807) is 0 Å². The molecule has 0 radical (unpaired) electrons. The number of hydrogen-bond acceptors (Lipinski definition) is 2. The van der Waals surface area contributed by atoms with Crippen molar-refractivity contribution < 1.29 is 4.79 Å². The number of benzene rings is 1. The highest BCUT2D eigenvalue weighted by Crippen LogP contribution is 2.13. The first kappa shape index (κ1) is 18.0. The molecule has 0 unspecified atom stereocenters. The first-order valence-corrected chi connectivity index (χ1v) is 8.80. The third-order valence-electron chi connectivity index (χ3n) is 3.80. The summed E-state index contributed by atoms with van der Waals surface area (Å²) in [5, 5.41) is 9.67. The van der Waals surface area contributed by atoms with Crippen LogP contribution in [-0.4, -0.2) is 24.5 Å². The van der Waals surface area contributed by atoms with E-state index >= 15 is 0 Å². The molecule has 1 aromatic carbocycles. The number of carbonyl (C=O) groups is 1. The number of nitrogens with zero attached hydrogens (tertiary/aromatic N) is 1. The molecule has 0 aromatic heterocycles. The Labute approximate surface area is 144 Å². The summed E-state index contributed by atoms with van der Waals surface area (Å²) in [6.07, 6.45) is 7.88. The van der Waals surface area contributed by atoms with Crippen LogP contribution < -0.4 is 16.0 Å². The third-order valence-corrected chi connectivity index (χ3v) is 3.80. The predicted molar refractivity (Wildman–Crippen MR) is 100 cm³/mol. The van der Waals surface area contributed by atoms with Crippen LogP contribution >= 0.6 is 0 Å². The van der Waals surface area contributed by atoms with Gasteiger partial charge in [0.05, 0.1) is 6.54 Å². The maximum absolute atomic E-state index is 11.7. The van der Waals surface area contributed by atoms with Gasteiger partial charge >= 0.3 is 0 Å². The lowest BCUT2D eigenvalue weighted by Crippen LogP contribution is -2.42. The van der Waals surface area contributed by atoms with Gasteiger partial charge in [-0.15, -0.1) is 0 Å². The smallest absolute Gasteiger partial charge is 0.224 e. The molecule has 0 atom stereocenters. The minimum atomic E-state index is 0.0573. The number of anilines is 1. The van der Waals surface area contributed by atoms with Crippen molar-refractivity contribution in [2.45, 2.75) is 52.1 Å². The predicted octanol–water partition coefficient (Wildman–Crippen LogP) is 3.20. The van der Waals surface area contributed by atoms with E-state index in [0.717, 1.165) is 43.0 Å². The molecule has 0 bridgehead atoms. The molecule has 1 amide bonds. The molecule has 2 rings (SSSR count). The second-order valence-electron chi connectivity index (χ2n) is 5.98. The van der Waals surface area contributed by atoms with Gasteiger partial charge in [-0.05, 0) is 43.9 Å². The lowest BCUT2D eigenvalue weighted by Gasteiger charge is -2.16. The molecule has 3 N–H and O–H groups in total. The summed E-state index contributed by atoms with van der Waals surface area (Å²) >= 11 is 0. The van der Waals surface area contributed by atoms with Crippen molar-refractivity contribution in [1.29, 1.82) is 0 Å². The molecule has 0 saturated heterocycles. The van der Waals surface area contributed by atoms with Crippen molar-refractivity contribution in [3.8, 4) is 0 Å². The molecule has 0 spiro atoms. The Morgan fingerprint density at radius 2 is 2.04 bits per heavy atom. The Hall–Kier alpha value is -2.30. The zero-order valence-corrected chi connectivity index (χ0v) is 14.6. The van der Waals surface area contributed by atoms with Gasteiger partial charge in [0.25, 0.3) is 0 Å². The zero-order chi connectivity index (χ0) is 17.2. The average Bonchev–Trinajstić information content (AvgIpc) is 3.06. The van der Waals surface area contributed by atoms with Crippen molar-refractivity contribution in [2.75, 3.05) is 11.9 Å². The highest BCUT2D eigenvalue weighted by atomic mass is 16.1. The largest absolute Gasteiger partial charge is 0.357 e. The monoisotopic (exact) mass is 328 g/mol. The van der Waals surface area contributed by atoms with Crippen LogP contribution in [0.1, 0.15) is 45.1 Å². The van der Waals surface area contributed by atoms with Crippen molar-refractivity contribution >= 4 is 17.6 Å². The maximum atomic E-state index is 11.7. The molecule has 0 saturated carbocycles. The quantitative estimate of drug-likeness (QED) is 0.409. The van der Waals surface area contributed by atoms with E-state index in [4.69, 9.17) is 0 Å². The van der Waals surface area contributed by atoms with Gasteiger partial charge in [0.15, 0.2) is 5.96 Å². The second kappa shape index (κ2) is 9.75. The number of aliphatic imine (C=N–C) groups is 1. The molecule has 1 aliphatic carbocycles. The Kier molecular flexibility index (Phi) is 7.33. The molecule has 0 fully saturated rings. The number of guanidine groups is 1. The normalized spacial score (nSPS) is 14.7. The molecule has 0 heterocycles. The summed E-state index contributed by atoms with van der Waals surface area (Å²) in [4.78, 5) is 16.4. The van der Waals surface area contributed by atoms with Crippen LogP contribution in [0.5, 0.6) is 0 Å². The molecule has 1 aromatic rings. The lowest BCUT2D eigenvalue weighted by molar-refractivity contribution is -0.116. The van der Waals surface area contributed by atoms with Crippen LogP contribution in [0.3, 0.4) is 0 Å². The van der Waals surface area contributed by atoms with E-state index < -0.39 is 0 Å². The van der Waals surface area contributed by atoms with Crippen molar-refractivity contribution in [3.63, 3.8) is 0 Å². The number of nitrogens with one attached hydrogen (secondary N) is 3. The van der Waals surface area contributed by atoms with Crippen LogP contribution in [0.4, 0.5) is 5.69 Å². The fraction of sp³-hybridized carbons (Fsp3) is 0.474. The Morgan fingerprint density at radius 3 is 2.75 bits per heavy atom. The first-order chi connectivity index (χ1) is 11.7. The molecule has 1 aliphatic rings. The summed E-state index contributed by atoms with van der Waals surface area (Å²) < 4.78 is 0. The van der Waals surface area contributed by atoms with Crippen LogP contribution in [0.25, 0.3) is 0 Å². The molecule has 5 heteroatoms. The van der Waals surface area contributed by atoms with Crippen LogP contribution in [0, 0.1) is 0 Å². The summed E-state index contributed by atoms with van der Waals surface area (Å²) in [6.45, 7) is 5.47.